The molecule has 3 aromatic carbocycles. The van der Waals surface area contributed by atoms with Gasteiger partial charge in [-0.2, -0.15) is 5.10 Å². The standard InChI is InChI=1S/C41H42BrN9O7/c1-49-21-27(18-28(22-49)46-31-20-45-50(2)41(58)35(31)42)24-9-11-25(12-10-24)36(53)44-16-15-43-19-23-5-3-6-26(17-23)37(54)47-30-8-4-7-29-34(30)40(57)51(39(29)56)32-13-14-33(52)48-38(32)55/h3-12,17,20,27-28,32,43,46H,13-16,18-19,21-22H2,1-2H3,(H,44,53)(H,47,54)(H,48,52,55)/t27-,28+,32?/m0/s1. The van der Waals surface area contributed by atoms with Crippen molar-refractivity contribution in [1.82, 2.24) is 35.5 Å². The quantitative estimate of drug-likeness (QED) is 0.104. The number of hydrogen-bond donors (Lipinski definition) is 5. The zero-order valence-corrected chi connectivity index (χ0v) is 33.4. The maximum Gasteiger partial charge on any atom is 0.282 e. The number of imide groups is 2. The molecule has 0 bridgehead atoms. The van der Waals surface area contributed by atoms with Gasteiger partial charge in [0.15, 0.2) is 0 Å². The third kappa shape index (κ3) is 8.61. The molecule has 7 rings (SSSR count). The van der Waals surface area contributed by atoms with Gasteiger partial charge in [0.2, 0.25) is 11.8 Å². The normalized spacial score (nSPS) is 19.4. The largest absolute Gasteiger partial charge is 0.379 e. The van der Waals surface area contributed by atoms with E-state index in [4.69, 9.17) is 0 Å². The number of aromatic nitrogens is 2. The van der Waals surface area contributed by atoms with Crippen LogP contribution < -0.4 is 32.1 Å². The Bertz CT molecular complexity index is 2370. The minimum Gasteiger partial charge on any atom is -0.379 e. The molecule has 2 fully saturated rings. The van der Waals surface area contributed by atoms with Gasteiger partial charge in [0.1, 0.15) is 10.5 Å². The summed E-state index contributed by atoms with van der Waals surface area (Å²) in [5, 5.41) is 18.7. The summed E-state index contributed by atoms with van der Waals surface area (Å²) in [6.45, 7) is 2.94. The Labute approximate surface area is 341 Å². The number of halogens is 1. The fraction of sp³-hybridized carbons (Fsp3) is 0.317. The summed E-state index contributed by atoms with van der Waals surface area (Å²) in [7, 11) is 3.67. The highest BCUT2D eigenvalue weighted by Gasteiger charge is 2.45. The van der Waals surface area contributed by atoms with Crippen LogP contribution in [0.2, 0.25) is 0 Å². The van der Waals surface area contributed by atoms with Gasteiger partial charge in [-0.1, -0.05) is 30.3 Å². The van der Waals surface area contributed by atoms with Crippen LogP contribution in [0.3, 0.4) is 0 Å². The van der Waals surface area contributed by atoms with Crippen LogP contribution in [0.5, 0.6) is 0 Å². The van der Waals surface area contributed by atoms with Crippen LogP contribution in [0.1, 0.15) is 77.7 Å². The molecule has 4 aromatic rings. The lowest BCUT2D eigenvalue weighted by Crippen LogP contribution is -2.54. The first kappa shape index (κ1) is 40.2. The Morgan fingerprint density at radius 1 is 0.879 bits per heavy atom. The van der Waals surface area contributed by atoms with Crippen LogP contribution in [-0.2, 0) is 23.2 Å². The molecule has 5 N–H and O–H groups in total. The van der Waals surface area contributed by atoms with Crippen LogP contribution in [0.4, 0.5) is 11.4 Å². The van der Waals surface area contributed by atoms with E-state index < -0.39 is 35.6 Å². The number of carbonyl (C=O) groups excluding carboxylic acids is 6. The number of hydrogen-bond acceptors (Lipinski definition) is 11. The van der Waals surface area contributed by atoms with Crippen LogP contribution >= 0.6 is 15.9 Å². The molecule has 16 nitrogen and oxygen atoms in total. The van der Waals surface area contributed by atoms with Gasteiger partial charge in [0, 0.05) is 63.4 Å². The molecule has 58 heavy (non-hydrogen) atoms. The van der Waals surface area contributed by atoms with E-state index in [0.29, 0.717) is 40.9 Å². The smallest absolute Gasteiger partial charge is 0.282 e. The molecule has 0 saturated carbocycles. The van der Waals surface area contributed by atoms with Crippen LogP contribution in [0.15, 0.2) is 82.2 Å². The molecule has 3 aliphatic rings. The van der Waals surface area contributed by atoms with Crippen LogP contribution in [-0.4, -0.2) is 100 Å². The van der Waals surface area contributed by atoms with E-state index in [2.05, 4.69) is 59.6 Å². The van der Waals surface area contributed by atoms with E-state index in [9.17, 15) is 33.6 Å². The number of likely N-dealkylation sites (tertiary alicyclic amines) is 1. The lowest BCUT2D eigenvalue weighted by molar-refractivity contribution is -0.136. The van der Waals surface area contributed by atoms with E-state index in [1.807, 2.05) is 30.3 Å². The summed E-state index contributed by atoms with van der Waals surface area (Å²) in [5.74, 6) is -3.01. The number of nitrogens with zero attached hydrogens (tertiary/aromatic N) is 4. The molecule has 4 heterocycles. The van der Waals surface area contributed by atoms with Crippen molar-refractivity contribution in [3.05, 3.63) is 121 Å². The maximum atomic E-state index is 13.4. The molecule has 1 unspecified atom stereocenters. The SMILES string of the molecule is CN1C[C@H](Nc2cnn(C)c(=O)c2Br)C[C@H](c2ccc(C(=O)NCCNCc3cccc(C(=O)Nc4cccc5c4C(=O)N(C4CCC(=O)NC4=O)C5=O)c3)cc2)C1. The molecule has 3 aliphatic heterocycles. The van der Waals surface area contributed by atoms with Gasteiger partial charge in [-0.15, -0.1) is 0 Å². The van der Waals surface area contributed by atoms with Crippen molar-refractivity contribution in [1.29, 1.82) is 0 Å². The Hall–Kier alpha value is -6.04. The summed E-state index contributed by atoms with van der Waals surface area (Å²) in [4.78, 5) is 92.4. The Morgan fingerprint density at radius 2 is 1.66 bits per heavy atom. The molecule has 1 aromatic heterocycles. The summed E-state index contributed by atoms with van der Waals surface area (Å²) < 4.78 is 1.73. The van der Waals surface area contributed by atoms with Crippen molar-refractivity contribution < 1.29 is 28.8 Å². The second-order valence-electron chi connectivity index (χ2n) is 14.7. The highest BCUT2D eigenvalue weighted by Crippen LogP contribution is 2.33. The van der Waals surface area contributed by atoms with Gasteiger partial charge in [0.05, 0.1) is 28.7 Å². The van der Waals surface area contributed by atoms with Gasteiger partial charge in [-0.3, -0.25) is 43.8 Å². The Balaban J connectivity index is 0.879. The van der Waals surface area contributed by atoms with E-state index in [1.165, 1.54) is 16.8 Å². The van der Waals surface area contributed by atoms with Gasteiger partial charge in [0.25, 0.3) is 29.2 Å². The predicted octanol–water partition coefficient (Wildman–Crippen LogP) is 2.62. The number of rotatable bonds is 12. The second kappa shape index (κ2) is 17.2. The first-order valence-electron chi connectivity index (χ1n) is 18.9. The fourth-order valence-corrected chi connectivity index (χ4v) is 8.11. The molecular formula is C41H42BrN9O7. The zero-order valence-electron chi connectivity index (χ0n) is 31.8. The number of aryl methyl sites for hydroxylation is 1. The molecule has 3 atom stereocenters. The number of piperidine rings is 2. The minimum absolute atomic E-state index is 0.00133. The summed E-state index contributed by atoms with van der Waals surface area (Å²) >= 11 is 3.40. The Kier molecular flexibility index (Phi) is 11.9. The third-order valence-electron chi connectivity index (χ3n) is 10.5. The topological polar surface area (TPSA) is 204 Å². The molecule has 300 valence electrons. The molecular weight excluding hydrogens is 810 g/mol. The average Bonchev–Trinajstić information content (AvgIpc) is 3.47. The van der Waals surface area contributed by atoms with Gasteiger partial charge in [-0.25, -0.2) is 4.68 Å². The van der Waals surface area contributed by atoms with Crippen molar-refractivity contribution in [2.45, 2.75) is 43.8 Å². The number of amides is 6. The Morgan fingerprint density at radius 3 is 2.43 bits per heavy atom. The summed E-state index contributed by atoms with van der Waals surface area (Å²) in [6.07, 6.45) is 2.52. The van der Waals surface area contributed by atoms with E-state index in [1.54, 1.807) is 37.5 Å². The number of benzene rings is 3. The van der Waals surface area contributed by atoms with E-state index >= 15 is 0 Å². The summed E-state index contributed by atoms with van der Waals surface area (Å²) in [6, 6.07) is 18.1. The first-order valence-corrected chi connectivity index (χ1v) is 19.7. The van der Waals surface area contributed by atoms with Gasteiger partial charge in [-0.05, 0) is 89.3 Å². The zero-order chi connectivity index (χ0) is 41.1. The van der Waals surface area contributed by atoms with Crippen molar-refractivity contribution in [3.63, 3.8) is 0 Å². The van der Waals surface area contributed by atoms with Gasteiger partial charge >= 0.3 is 0 Å². The number of anilines is 2. The maximum absolute atomic E-state index is 13.4. The van der Waals surface area contributed by atoms with E-state index in [-0.39, 0.29) is 53.1 Å². The molecule has 17 heteroatoms. The number of likely N-dealkylation sites (N-methyl/N-ethyl adjacent to an activating group) is 1. The highest BCUT2D eigenvalue weighted by molar-refractivity contribution is 9.10. The monoisotopic (exact) mass is 851 g/mol. The third-order valence-corrected chi connectivity index (χ3v) is 11.3. The van der Waals surface area contributed by atoms with Crippen LogP contribution in [0, 0.1) is 0 Å². The lowest BCUT2D eigenvalue weighted by atomic mass is 9.87. The number of nitrogens with one attached hydrogen (secondary N) is 5. The molecule has 6 amide bonds. The van der Waals surface area contributed by atoms with Crippen LogP contribution in [0.25, 0.3) is 0 Å². The summed E-state index contributed by atoms with van der Waals surface area (Å²) in [5.41, 5.74) is 3.47. The van der Waals surface area contributed by atoms with Crippen molar-refractivity contribution in [2.24, 2.45) is 7.05 Å². The van der Waals surface area contributed by atoms with E-state index in [0.717, 1.165) is 35.5 Å². The number of carbonyl (C=O) groups is 6. The molecule has 0 radical (unpaired) electrons. The number of fused-ring (bicyclic) bond motifs is 1. The fourth-order valence-electron chi connectivity index (χ4n) is 7.64. The highest BCUT2D eigenvalue weighted by atomic mass is 79.9. The lowest BCUT2D eigenvalue weighted by Gasteiger charge is -2.37. The predicted molar refractivity (Wildman–Crippen MR) is 217 cm³/mol. The van der Waals surface area contributed by atoms with Crippen molar-refractivity contribution in [2.75, 3.05) is 43.9 Å². The average molecular weight is 853 g/mol. The molecule has 0 aliphatic carbocycles. The molecule has 2 saturated heterocycles. The minimum atomic E-state index is -1.12. The molecule has 0 spiro atoms. The van der Waals surface area contributed by atoms with Crippen molar-refractivity contribution in [3.8, 4) is 0 Å². The first-order chi connectivity index (χ1) is 27.9. The second-order valence-corrected chi connectivity index (χ2v) is 15.5. The van der Waals surface area contributed by atoms with Crippen molar-refractivity contribution >= 4 is 62.7 Å². The van der Waals surface area contributed by atoms with Gasteiger partial charge < -0.3 is 26.2 Å².